The highest BCUT2D eigenvalue weighted by atomic mass is 19.1. The van der Waals surface area contributed by atoms with Crippen LogP contribution in [-0.4, -0.2) is 6.30 Å². The van der Waals surface area contributed by atoms with Gasteiger partial charge in [-0.2, -0.15) is 0 Å². The molecule has 0 aliphatic carbocycles. The van der Waals surface area contributed by atoms with Gasteiger partial charge in [-0.3, -0.25) is 0 Å². The van der Waals surface area contributed by atoms with Crippen LogP contribution in [0.25, 0.3) is 0 Å². The lowest BCUT2D eigenvalue weighted by atomic mass is 10.1. The molecule has 1 atom stereocenters. The molecule has 60 valence electrons. The molecule has 0 aromatic carbocycles. The molecular weight excluding hydrogens is 129 g/mol. The molecule has 2 N–H and O–H groups in total. The molecule has 0 heterocycles. The van der Waals surface area contributed by atoms with Gasteiger partial charge in [-0.05, 0) is 25.7 Å². The number of unbranched alkanes of at least 4 members (excludes halogenated alkanes) is 3. The first-order valence-corrected chi connectivity index (χ1v) is 3.78. The summed E-state index contributed by atoms with van der Waals surface area (Å²) in [5, 5.41) is 0. The predicted molar refractivity (Wildman–Crippen MR) is 42.4 cm³/mol. The third kappa shape index (κ3) is 7.63. The predicted octanol–water partition coefficient (Wildman–Crippen LogP) is 2.38. The highest BCUT2D eigenvalue weighted by Gasteiger charge is 1.95. The fraction of sp³-hybridized carbons (Fsp3) is 0.750. The minimum Gasteiger partial charge on any atom is -0.302 e. The summed E-state index contributed by atoms with van der Waals surface area (Å²) >= 11 is 0. The fourth-order valence-corrected chi connectivity index (χ4v) is 0.805. The molecule has 0 aromatic rings. The summed E-state index contributed by atoms with van der Waals surface area (Å²) in [4.78, 5) is 0. The third-order valence-corrected chi connectivity index (χ3v) is 1.39. The van der Waals surface area contributed by atoms with Crippen molar-refractivity contribution in [1.29, 1.82) is 0 Å². The van der Waals surface area contributed by atoms with Crippen molar-refractivity contribution < 1.29 is 4.39 Å². The van der Waals surface area contributed by atoms with Gasteiger partial charge in [0, 0.05) is 0 Å². The molecule has 0 aliphatic heterocycles. The standard InChI is InChI=1S/C8H16FN/c1-2-3-4-5-6-7-8(9)10/h2,8H,1,3-7,10H2. The maximum Gasteiger partial charge on any atom is 0.148 e. The molecule has 0 rings (SSSR count). The first-order chi connectivity index (χ1) is 4.77. The van der Waals surface area contributed by atoms with Gasteiger partial charge in [-0.25, -0.2) is 4.39 Å². The van der Waals surface area contributed by atoms with Gasteiger partial charge in [-0.1, -0.05) is 12.5 Å². The van der Waals surface area contributed by atoms with E-state index in [-0.39, 0.29) is 0 Å². The average molecular weight is 145 g/mol. The van der Waals surface area contributed by atoms with Crippen molar-refractivity contribution in [2.75, 3.05) is 0 Å². The van der Waals surface area contributed by atoms with E-state index in [1.54, 1.807) is 0 Å². The van der Waals surface area contributed by atoms with Crippen LogP contribution in [0.3, 0.4) is 0 Å². The molecule has 0 spiro atoms. The smallest absolute Gasteiger partial charge is 0.148 e. The van der Waals surface area contributed by atoms with E-state index < -0.39 is 6.30 Å². The van der Waals surface area contributed by atoms with E-state index in [1.807, 2.05) is 6.08 Å². The summed E-state index contributed by atoms with van der Waals surface area (Å²) in [6.07, 6.45) is 5.35. The van der Waals surface area contributed by atoms with Gasteiger partial charge in [-0.15, -0.1) is 6.58 Å². The minimum atomic E-state index is -1.12. The average Bonchev–Trinajstić information content (AvgIpc) is 1.87. The Bertz CT molecular complexity index is 81.3. The topological polar surface area (TPSA) is 26.0 Å². The third-order valence-electron chi connectivity index (χ3n) is 1.39. The molecular formula is C8H16FN. The van der Waals surface area contributed by atoms with Gasteiger partial charge in [0.2, 0.25) is 0 Å². The molecule has 0 amide bonds. The van der Waals surface area contributed by atoms with Gasteiger partial charge < -0.3 is 5.73 Å². The fourth-order valence-electron chi connectivity index (χ4n) is 0.805. The second-order valence-corrected chi connectivity index (χ2v) is 2.44. The molecule has 0 aliphatic rings. The number of halogens is 1. The van der Waals surface area contributed by atoms with Crippen LogP contribution >= 0.6 is 0 Å². The van der Waals surface area contributed by atoms with Crippen LogP contribution in [0.5, 0.6) is 0 Å². The van der Waals surface area contributed by atoms with Crippen molar-refractivity contribution in [2.24, 2.45) is 5.73 Å². The van der Waals surface area contributed by atoms with Crippen LogP contribution in [0.4, 0.5) is 4.39 Å². The van der Waals surface area contributed by atoms with Crippen LogP contribution in [-0.2, 0) is 0 Å². The van der Waals surface area contributed by atoms with Gasteiger partial charge in [0.05, 0.1) is 0 Å². The highest BCUT2D eigenvalue weighted by molar-refractivity contribution is 4.65. The van der Waals surface area contributed by atoms with Crippen LogP contribution in [0.2, 0.25) is 0 Å². The molecule has 1 nitrogen and oxygen atoms in total. The van der Waals surface area contributed by atoms with Crippen molar-refractivity contribution in [3.8, 4) is 0 Å². The summed E-state index contributed by atoms with van der Waals surface area (Å²) < 4.78 is 12.0. The summed E-state index contributed by atoms with van der Waals surface area (Å²) in [7, 11) is 0. The van der Waals surface area contributed by atoms with Crippen LogP contribution in [0.1, 0.15) is 32.1 Å². The normalized spacial score (nSPS) is 13.0. The lowest BCUT2D eigenvalue weighted by Crippen LogP contribution is -2.11. The zero-order chi connectivity index (χ0) is 7.82. The zero-order valence-electron chi connectivity index (χ0n) is 6.35. The van der Waals surface area contributed by atoms with Crippen LogP contribution in [0, 0.1) is 0 Å². The number of rotatable bonds is 6. The second kappa shape index (κ2) is 6.75. The Morgan fingerprint density at radius 2 is 2.10 bits per heavy atom. The summed E-state index contributed by atoms with van der Waals surface area (Å²) in [5.41, 5.74) is 4.92. The maximum atomic E-state index is 12.0. The highest BCUT2D eigenvalue weighted by Crippen LogP contribution is 2.04. The van der Waals surface area contributed by atoms with E-state index in [2.05, 4.69) is 6.58 Å². The summed E-state index contributed by atoms with van der Waals surface area (Å²) in [6.45, 7) is 3.59. The Kier molecular flexibility index (Phi) is 6.50. The lowest BCUT2D eigenvalue weighted by molar-refractivity contribution is 0.314. The van der Waals surface area contributed by atoms with Crippen LogP contribution in [0.15, 0.2) is 12.7 Å². The second-order valence-electron chi connectivity index (χ2n) is 2.44. The maximum absolute atomic E-state index is 12.0. The van der Waals surface area contributed by atoms with Gasteiger partial charge in [0.25, 0.3) is 0 Å². The quantitative estimate of drug-likeness (QED) is 0.346. The molecule has 0 radical (unpaired) electrons. The number of hydrogen-bond donors (Lipinski definition) is 1. The molecule has 0 bridgehead atoms. The molecule has 0 saturated heterocycles. The number of allylic oxidation sites excluding steroid dienone is 1. The summed E-state index contributed by atoms with van der Waals surface area (Å²) in [6, 6.07) is 0. The monoisotopic (exact) mass is 145 g/mol. The van der Waals surface area contributed by atoms with Crippen molar-refractivity contribution >= 4 is 0 Å². The van der Waals surface area contributed by atoms with E-state index in [9.17, 15) is 4.39 Å². The number of alkyl halides is 1. The summed E-state index contributed by atoms with van der Waals surface area (Å²) in [5.74, 6) is 0. The molecule has 1 unspecified atom stereocenters. The van der Waals surface area contributed by atoms with E-state index in [1.165, 1.54) is 0 Å². The zero-order valence-corrected chi connectivity index (χ0v) is 6.35. The van der Waals surface area contributed by atoms with E-state index in [4.69, 9.17) is 5.73 Å². The van der Waals surface area contributed by atoms with Crippen molar-refractivity contribution in [2.45, 2.75) is 38.4 Å². The van der Waals surface area contributed by atoms with Gasteiger partial charge in [0.15, 0.2) is 0 Å². The SMILES string of the molecule is C=CCCCCCC(N)F. The Hall–Kier alpha value is -0.370. The van der Waals surface area contributed by atoms with Gasteiger partial charge >= 0.3 is 0 Å². The first-order valence-electron chi connectivity index (χ1n) is 3.78. The van der Waals surface area contributed by atoms with Crippen molar-refractivity contribution in [3.05, 3.63) is 12.7 Å². The number of hydrogen-bond acceptors (Lipinski definition) is 1. The molecule has 0 fully saturated rings. The Balaban J connectivity index is 2.83. The van der Waals surface area contributed by atoms with E-state index in [0.29, 0.717) is 6.42 Å². The molecule has 2 heteroatoms. The van der Waals surface area contributed by atoms with Crippen LogP contribution < -0.4 is 5.73 Å². The lowest BCUT2D eigenvalue weighted by Gasteiger charge is -1.99. The van der Waals surface area contributed by atoms with E-state index >= 15 is 0 Å². The molecule has 0 aromatic heterocycles. The Labute approximate surface area is 62.1 Å². The van der Waals surface area contributed by atoms with E-state index in [0.717, 1.165) is 25.7 Å². The van der Waals surface area contributed by atoms with Gasteiger partial charge in [0.1, 0.15) is 6.30 Å². The van der Waals surface area contributed by atoms with Crippen molar-refractivity contribution in [1.82, 2.24) is 0 Å². The minimum absolute atomic E-state index is 0.497. The Morgan fingerprint density at radius 3 is 2.60 bits per heavy atom. The number of nitrogens with two attached hydrogens (primary N) is 1. The molecule has 10 heavy (non-hydrogen) atoms. The Morgan fingerprint density at radius 1 is 1.40 bits per heavy atom. The van der Waals surface area contributed by atoms with Crippen molar-refractivity contribution in [3.63, 3.8) is 0 Å². The first kappa shape index (κ1) is 9.63. The largest absolute Gasteiger partial charge is 0.302 e. The molecule has 0 saturated carbocycles.